The van der Waals surface area contributed by atoms with Gasteiger partial charge in [-0.05, 0) is 37.3 Å². The summed E-state index contributed by atoms with van der Waals surface area (Å²) >= 11 is 0. The van der Waals surface area contributed by atoms with E-state index in [-0.39, 0.29) is 18.1 Å². The van der Waals surface area contributed by atoms with Gasteiger partial charge in [0.2, 0.25) is 0 Å². The minimum Gasteiger partial charge on any atom is -0.393 e. The molecule has 2 rings (SSSR count). The largest absolute Gasteiger partial charge is 0.417 e. The topological polar surface area (TPSA) is 54.4 Å². The molecule has 1 aromatic carbocycles. The summed E-state index contributed by atoms with van der Waals surface area (Å²) in [6.45, 7) is 0. The van der Waals surface area contributed by atoms with Gasteiger partial charge in [0.05, 0.1) is 22.3 Å². The Morgan fingerprint density at radius 2 is 1.86 bits per heavy atom. The highest BCUT2D eigenvalue weighted by Gasteiger charge is 2.37. The number of halogens is 3. The number of hydrogen-bond acceptors (Lipinski definition) is 3. The van der Waals surface area contributed by atoms with E-state index in [1.54, 1.807) is 0 Å². The molecule has 7 heteroatoms. The smallest absolute Gasteiger partial charge is 0.393 e. The molecular weight excluding hydrogens is 305 g/mol. The molecule has 0 bridgehead atoms. The lowest BCUT2D eigenvalue weighted by Gasteiger charge is -2.16. The minimum atomic E-state index is -4.70. The van der Waals surface area contributed by atoms with E-state index in [1.807, 2.05) is 0 Å². The maximum absolute atomic E-state index is 12.9. The van der Waals surface area contributed by atoms with Gasteiger partial charge in [-0.15, -0.1) is 0 Å². The van der Waals surface area contributed by atoms with E-state index in [4.69, 9.17) is 0 Å². The lowest BCUT2D eigenvalue weighted by atomic mass is 10.0. The Hall–Kier alpha value is -1.08. The molecule has 1 aliphatic carbocycles. The van der Waals surface area contributed by atoms with Crippen LogP contribution in [0.25, 0.3) is 0 Å². The fourth-order valence-electron chi connectivity index (χ4n) is 2.74. The monoisotopic (exact) mass is 322 g/mol. The SMILES string of the molecule is O=S(=O)(CCC1CCCC1O)c1ccccc1C(F)(F)F. The second-order valence-electron chi connectivity index (χ2n) is 5.36. The van der Waals surface area contributed by atoms with Crippen LogP contribution >= 0.6 is 0 Å². The lowest BCUT2D eigenvalue weighted by molar-refractivity contribution is -0.139. The number of benzene rings is 1. The first kappa shape index (κ1) is 16.3. The molecule has 3 nitrogen and oxygen atoms in total. The molecule has 1 aromatic rings. The van der Waals surface area contributed by atoms with Crippen LogP contribution in [0.1, 0.15) is 31.2 Å². The van der Waals surface area contributed by atoms with Crippen molar-refractivity contribution in [2.24, 2.45) is 5.92 Å². The highest BCUT2D eigenvalue weighted by atomic mass is 32.2. The fourth-order valence-corrected chi connectivity index (χ4v) is 4.38. The van der Waals surface area contributed by atoms with E-state index < -0.39 is 32.6 Å². The molecule has 2 unspecified atom stereocenters. The maximum Gasteiger partial charge on any atom is 0.417 e. The summed E-state index contributed by atoms with van der Waals surface area (Å²) in [4.78, 5) is -0.676. The lowest BCUT2D eigenvalue weighted by Crippen LogP contribution is -2.20. The van der Waals surface area contributed by atoms with Gasteiger partial charge in [-0.2, -0.15) is 13.2 Å². The molecule has 1 saturated carbocycles. The van der Waals surface area contributed by atoms with E-state index in [0.717, 1.165) is 25.0 Å². The van der Waals surface area contributed by atoms with E-state index in [0.29, 0.717) is 6.42 Å². The average molecular weight is 322 g/mol. The molecule has 1 N–H and O–H groups in total. The molecule has 21 heavy (non-hydrogen) atoms. The van der Waals surface area contributed by atoms with Crippen molar-refractivity contribution in [2.45, 2.75) is 42.9 Å². The fraction of sp³-hybridized carbons (Fsp3) is 0.571. The molecule has 2 atom stereocenters. The van der Waals surface area contributed by atoms with Gasteiger partial charge >= 0.3 is 6.18 Å². The number of aliphatic hydroxyl groups is 1. The quantitative estimate of drug-likeness (QED) is 0.927. The van der Waals surface area contributed by atoms with Crippen LogP contribution in [0.3, 0.4) is 0 Å². The molecule has 0 aliphatic heterocycles. The molecule has 118 valence electrons. The second-order valence-corrected chi connectivity index (χ2v) is 7.44. The van der Waals surface area contributed by atoms with Gasteiger partial charge in [0.15, 0.2) is 9.84 Å². The van der Waals surface area contributed by atoms with Crippen molar-refractivity contribution in [1.29, 1.82) is 0 Å². The molecule has 0 radical (unpaired) electrons. The van der Waals surface area contributed by atoms with Crippen molar-refractivity contribution in [1.82, 2.24) is 0 Å². The van der Waals surface area contributed by atoms with E-state index in [2.05, 4.69) is 0 Å². The Morgan fingerprint density at radius 1 is 1.19 bits per heavy atom. The van der Waals surface area contributed by atoms with Gasteiger partial charge in [0, 0.05) is 0 Å². The first-order valence-corrected chi connectivity index (χ1v) is 8.44. The van der Waals surface area contributed by atoms with E-state index >= 15 is 0 Å². The number of hydrogen-bond donors (Lipinski definition) is 1. The Morgan fingerprint density at radius 3 is 2.43 bits per heavy atom. The first-order valence-electron chi connectivity index (χ1n) is 6.79. The predicted octanol–water partition coefficient (Wildman–Crippen LogP) is 3.03. The van der Waals surface area contributed by atoms with Crippen LogP contribution in [0.2, 0.25) is 0 Å². The zero-order valence-corrected chi connectivity index (χ0v) is 12.1. The number of alkyl halides is 3. The van der Waals surface area contributed by atoms with Crippen LogP contribution in [-0.4, -0.2) is 25.4 Å². The van der Waals surface area contributed by atoms with Crippen LogP contribution in [0.15, 0.2) is 29.2 Å². The summed E-state index contributed by atoms with van der Waals surface area (Å²) in [7, 11) is -4.02. The average Bonchev–Trinajstić information content (AvgIpc) is 2.81. The summed E-state index contributed by atoms with van der Waals surface area (Å²) < 4.78 is 63.0. The number of sulfone groups is 1. The molecular formula is C14H17F3O3S. The van der Waals surface area contributed by atoms with Gasteiger partial charge in [0.25, 0.3) is 0 Å². The van der Waals surface area contributed by atoms with Gasteiger partial charge in [0.1, 0.15) is 0 Å². The zero-order valence-electron chi connectivity index (χ0n) is 11.3. The normalized spacial score (nSPS) is 23.4. The number of aliphatic hydroxyl groups excluding tert-OH is 1. The summed E-state index contributed by atoms with van der Waals surface area (Å²) in [6, 6.07) is 4.22. The summed E-state index contributed by atoms with van der Waals surface area (Å²) in [6.07, 6.45) is -2.88. The van der Waals surface area contributed by atoms with Crippen molar-refractivity contribution >= 4 is 9.84 Å². The van der Waals surface area contributed by atoms with E-state index in [1.165, 1.54) is 12.1 Å². The molecule has 0 heterocycles. The van der Waals surface area contributed by atoms with Crippen molar-refractivity contribution in [3.8, 4) is 0 Å². The van der Waals surface area contributed by atoms with Crippen LogP contribution in [0, 0.1) is 5.92 Å². The van der Waals surface area contributed by atoms with Gasteiger partial charge < -0.3 is 5.11 Å². The third-order valence-corrected chi connectivity index (χ3v) is 5.70. The Labute approximate surface area is 121 Å². The van der Waals surface area contributed by atoms with Crippen molar-refractivity contribution in [3.63, 3.8) is 0 Å². The summed E-state index contributed by atoms with van der Waals surface area (Å²) in [5.74, 6) is -0.514. The maximum atomic E-state index is 12.9. The predicted molar refractivity (Wildman–Crippen MR) is 71.5 cm³/mol. The molecule has 0 spiro atoms. The third kappa shape index (κ3) is 3.77. The van der Waals surface area contributed by atoms with Crippen molar-refractivity contribution in [3.05, 3.63) is 29.8 Å². The molecule has 1 fully saturated rings. The van der Waals surface area contributed by atoms with Crippen molar-refractivity contribution in [2.75, 3.05) is 5.75 Å². The third-order valence-electron chi connectivity index (χ3n) is 3.90. The zero-order chi connectivity index (χ0) is 15.7. The molecule has 1 aliphatic rings. The Balaban J connectivity index is 2.20. The highest BCUT2D eigenvalue weighted by molar-refractivity contribution is 7.91. The Bertz CT molecular complexity index is 596. The minimum absolute atomic E-state index is 0.141. The van der Waals surface area contributed by atoms with Crippen LogP contribution in [0.4, 0.5) is 13.2 Å². The highest BCUT2D eigenvalue weighted by Crippen LogP contribution is 2.35. The van der Waals surface area contributed by atoms with E-state index in [9.17, 15) is 26.7 Å². The second kappa shape index (κ2) is 5.96. The standard InChI is InChI=1S/C14H17F3O3S/c15-14(16,17)11-5-1-2-7-13(11)21(19,20)9-8-10-4-3-6-12(10)18/h1-2,5,7,10,12,18H,3-4,6,8-9H2. The van der Waals surface area contributed by atoms with Gasteiger partial charge in [-0.25, -0.2) is 8.42 Å². The molecule has 0 saturated heterocycles. The van der Waals surface area contributed by atoms with Crippen LogP contribution in [0.5, 0.6) is 0 Å². The first-order chi connectivity index (χ1) is 9.72. The number of rotatable bonds is 4. The van der Waals surface area contributed by atoms with Gasteiger partial charge in [-0.1, -0.05) is 18.6 Å². The molecule has 0 aromatic heterocycles. The van der Waals surface area contributed by atoms with Crippen molar-refractivity contribution < 1.29 is 26.7 Å². The van der Waals surface area contributed by atoms with Crippen LogP contribution in [-0.2, 0) is 16.0 Å². The Kier molecular flexibility index (Phi) is 4.63. The van der Waals surface area contributed by atoms with Crippen LogP contribution < -0.4 is 0 Å². The summed E-state index contributed by atoms with van der Waals surface area (Å²) in [5, 5.41) is 9.67. The van der Waals surface area contributed by atoms with Gasteiger partial charge in [-0.3, -0.25) is 0 Å². The molecule has 0 amide bonds. The summed E-state index contributed by atoms with van der Waals surface area (Å²) in [5.41, 5.74) is -1.13.